The number of likely N-dealkylation sites (tertiary alicyclic amines) is 1. The highest BCUT2D eigenvalue weighted by molar-refractivity contribution is 5.94. The van der Waals surface area contributed by atoms with Crippen LogP contribution in [-0.4, -0.2) is 40.7 Å². The van der Waals surface area contributed by atoms with E-state index in [2.05, 4.69) is 10.2 Å². The Morgan fingerprint density at radius 1 is 1.33 bits per heavy atom. The Labute approximate surface area is 137 Å². The number of carbonyl (C=O) groups excluding carboxylic acids is 1. The number of amides is 1. The molecule has 24 heavy (non-hydrogen) atoms. The van der Waals surface area contributed by atoms with Crippen LogP contribution in [0.25, 0.3) is 0 Å². The molecule has 0 spiro atoms. The molecule has 1 aromatic carbocycles. The molecule has 0 bridgehead atoms. The fourth-order valence-corrected chi connectivity index (χ4v) is 3.45. The molecule has 2 aliphatic heterocycles. The van der Waals surface area contributed by atoms with Crippen LogP contribution in [0.3, 0.4) is 0 Å². The molecule has 2 aliphatic rings. The van der Waals surface area contributed by atoms with Gasteiger partial charge in [0.1, 0.15) is 0 Å². The van der Waals surface area contributed by atoms with Crippen molar-refractivity contribution >= 4 is 5.91 Å². The lowest BCUT2D eigenvalue weighted by atomic mass is 9.98. The quantitative estimate of drug-likeness (QED) is 0.918. The smallest absolute Gasteiger partial charge is 0.253 e. The summed E-state index contributed by atoms with van der Waals surface area (Å²) in [5, 5.41) is 7.49. The minimum atomic E-state index is -1.00. The second kappa shape index (κ2) is 5.98. The summed E-state index contributed by atoms with van der Waals surface area (Å²) in [5.41, 5.74) is 3.35. The summed E-state index contributed by atoms with van der Waals surface area (Å²) >= 11 is 0. The van der Waals surface area contributed by atoms with E-state index < -0.39 is 11.6 Å². The molecule has 0 radical (unpaired) electrons. The maximum atomic E-state index is 13.3. The molecule has 7 heteroatoms. The lowest BCUT2D eigenvalue weighted by molar-refractivity contribution is 0.0790. The van der Waals surface area contributed by atoms with Gasteiger partial charge in [0.05, 0.1) is 18.9 Å². The van der Waals surface area contributed by atoms with Crippen LogP contribution in [0.4, 0.5) is 8.78 Å². The molecule has 0 saturated carbocycles. The summed E-state index contributed by atoms with van der Waals surface area (Å²) in [6, 6.07) is 3.26. The summed E-state index contributed by atoms with van der Waals surface area (Å²) in [5.74, 6) is -2.10. The number of fused-ring (bicyclic) bond motifs is 1. The molecular weight excluding hydrogens is 316 g/mol. The Bertz CT molecular complexity index is 790. The number of carbonyl (C=O) groups is 1. The minimum absolute atomic E-state index is 0.140. The zero-order valence-corrected chi connectivity index (χ0v) is 13.0. The van der Waals surface area contributed by atoms with Gasteiger partial charge in [0.15, 0.2) is 11.6 Å². The molecular formula is C17H17F2N3O2. The van der Waals surface area contributed by atoms with Crippen LogP contribution in [0.2, 0.25) is 0 Å². The van der Waals surface area contributed by atoms with Gasteiger partial charge in [-0.2, -0.15) is 5.10 Å². The van der Waals surface area contributed by atoms with Crippen LogP contribution in [0, 0.1) is 11.6 Å². The first-order valence-electron chi connectivity index (χ1n) is 8.01. The molecule has 0 aliphatic carbocycles. The fraction of sp³-hybridized carbons (Fsp3) is 0.412. The molecule has 3 heterocycles. The maximum Gasteiger partial charge on any atom is 0.253 e. The van der Waals surface area contributed by atoms with E-state index in [1.54, 1.807) is 4.90 Å². The standard InChI is InChI=1S/C17H17F2N3O2/c18-13-2-1-10(7-14(13)19)17(23)22-5-3-11(8-22)16-12-9-24-6-4-15(12)20-21-16/h1-2,7,11H,3-6,8-9H2,(H,20,21). The lowest BCUT2D eigenvalue weighted by Crippen LogP contribution is -2.28. The number of halogens is 2. The van der Waals surface area contributed by atoms with Gasteiger partial charge in [0, 0.05) is 42.2 Å². The van der Waals surface area contributed by atoms with Gasteiger partial charge in [0.2, 0.25) is 0 Å². The Morgan fingerprint density at radius 2 is 2.21 bits per heavy atom. The third-order valence-electron chi connectivity index (χ3n) is 4.76. The number of rotatable bonds is 2. The first-order valence-corrected chi connectivity index (χ1v) is 8.01. The summed E-state index contributed by atoms with van der Waals surface area (Å²) in [7, 11) is 0. The zero-order valence-electron chi connectivity index (χ0n) is 13.0. The van der Waals surface area contributed by atoms with E-state index in [1.807, 2.05) is 0 Å². The molecule has 1 aromatic heterocycles. The van der Waals surface area contributed by atoms with Gasteiger partial charge in [-0.3, -0.25) is 9.89 Å². The largest absolute Gasteiger partial charge is 0.376 e. The van der Waals surface area contributed by atoms with E-state index in [0.29, 0.717) is 26.3 Å². The highest BCUT2D eigenvalue weighted by atomic mass is 19.2. The maximum absolute atomic E-state index is 13.3. The average Bonchev–Trinajstić information content (AvgIpc) is 3.23. The summed E-state index contributed by atoms with van der Waals surface area (Å²) < 4.78 is 31.9. The molecule has 126 valence electrons. The number of aromatic amines is 1. The number of nitrogens with zero attached hydrogens (tertiary/aromatic N) is 2. The number of aromatic nitrogens is 2. The average molecular weight is 333 g/mol. The number of benzene rings is 1. The highest BCUT2D eigenvalue weighted by Crippen LogP contribution is 2.32. The summed E-state index contributed by atoms with van der Waals surface area (Å²) in [4.78, 5) is 14.2. The molecule has 4 rings (SSSR count). The molecule has 1 amide bonds. The molecule has 2 aromatic rings. The monoisotopic (exact) mass is 333 g/mol. The SMILES string of the molecule is O=C(c1ccc(F)c(F)c1)N1CCC(c2n[nH]c3c2COCC3)C1. The number of ether oxygens (including phenoxy) is 1. The number of nitrogens with one attached hydrogen (secondary N) is 1. The second-order valence-electron chi connectivity index (χ2n) is 6.23. The Morgan fingerprint density at radius 3 is 3.04 bits per heavy atom. The normalized spacial score (nSPS) is 20.2. The molecule has 5 nitrogen and oxygen atoms in total. The lowest BCUT2D eigenvalue weighted by Gasteiger charge is -2.17. The zero-order chi connectivity index (χ0) is 16.7. The van der Waals surface area contributed by atoms with E-state index in [4.69, 9.17) is 4.74 Å². The van der Waals surface area contributed by atoms with Crippen molar-refractivity contribution in [2.75, 3.05) is 19.7 Å². The topological polar surface area (TPSA) is 58.2 Å². The van der Waals surface area contributed by atoms with Gasteiger partial charge in [-0.1, -0.05) is 0 Å². The van der Waals surface area contributed by atoms with Crippen molar-refractivity contribution in [1.82, 2.24) is 15.1 Å². The predicted molar refractivity (Wildman–Crippen MR) is 81.6 cm³/mol. The van der Waals surface area contributed by atoms with Crippen molar-refractivity contribution in [3.05, 3.63) is 52.3 Å². The van der Waals surface area contributed by atoms with E-state index in [-0.39, 0.29) is 17.4 Å². The summed E-state index contributed by atoms with van der Waals surface area (Å²) in [6.45, 7) is 2.34. The second-order valence-corrected chi connectivity index (χ2v) is 6.23. The first kappa shape index (κ1) is 15.3. The Balaban J connectivity index is 1.51. The minimum Gasteiger partial charge on any atom is -0.376 e. The van der Waals surface area contributed by atoms with Gasteiger partial charge in [-0.05, 0) is 24.6 Å². The Kier molecular flexibility index (Phi) is 3.80. The predicted octanol–water partition coefficient (Wildman–Crippen LogP) is 2.39. The van der Waals surface area contributed by atoms with E-state index in [1.165, 1.54) is 6.07 Å². The highest BCUT2D eigenvalue weighted by Gasteiger charge is 2.32. The van der Waals surface area contributed by atoms with E-state index in [0.717, 1.165) is 41.9 Å². The molecule has 1 unspecified atom stereocenters. The van der Waals surface area contributed by atoms with Crippen LogP contribution in [0.15, 0.2) is 18.2 Å². The summed E-state index contributed by atoms with van der Waals surface area (Å²) in [6.07, 6.45) is 1.62. The number of hydrogen-bond acceptors (Lipinski definition) is 3. The van der Waals surface area contributed by atoms with Crippen LogP contribution in [0.1, 0.15) is 39.6 Å². The molecule has 1 N–H and O–H groups in total. The van der Waals surface area contributed by atoms with Gasteiger partial charge < -0.3 is 9.64 Å². The van der Waals surface area contributed by atoms with Crippen molar-refractivity contribution in [2.45, 2.75) is 25.4 Å². The van der Waals surface area contributed by atoms with Gasteiger partial charge in [0.25, 0.3) is 5.91 Å². The van der Waals surface area contributed by atoms with Crippen LogP contribution >= 0.6 is 0 Å². The van der Waals surface area contributed by atoms with Crippen molar-refractivity contribution in [2.24, 2.45) is 0 Å². The van der Waals surface area contributed by atoms with Crippen LogP contribution < -0.4 is 0 Å². The van der Waals surface area contributed by atoms with Crippen molar-refractivity contribution < 1.29 is 18.3 Å². The van der Waals surface area contributed by atoms with Crippen molar-refractivity contribution in [3.8, 4) is 0 Å². The molecule has 1 atom stereocenters. The van der Waals surface area contributed by atoms with Gasteiger partial charge in [-0.15, -0.1) is 0 Å². The van der Waals surface area contributed by atoms with E-state index in [9.17, 15) is 13.6 Å². The van der Waals surface area contributed by atoms with E-state index >= 15 is 0 Å². The van der Waals surface area contributed by atoms with Gasteiger partial charge >= 0.3 is 0 Å². The van der Waals surface area contributed by atoms with Crippen molar-refractivity contribution in [1.29, 1.82) is 0 Å². The Hall–Kier alpha value is -2.28. The third kappa shape index (κ3) is 2.58. The van der Waals surface area contributed by atoms with Crippen molar-refractivity contribution in [3.63, 3.8) is 0 Å². The fourth-order valence-electron chi connectivity index (χ4n) is 3.45. The van der Waals surface area contributed by atoms with Gasteiger partial charge in [-0.25, -0.2) is 8.78 Å². The van der Waals surface area contributed by atoms with Crippen LogP contribution in [-0.2, 0) is 17.8 Å². The first-order chi connectivity index (χ1) is 11.6. The third-order valence-corrected chi connectivity index (χ3v) is 4.76. The number of H-pyrrole nitrogens is 1. The molecule has 1 saturated heterocycles. The van der Waals surface area contributed by atoms with Crippen LogP contribution in [0.5, 0.6) is 0 Å². The number of hydrogen-bond donors (Lipinski definition) is 1. The molecule has 1 fully saturated rings.